The van der Waals surface area contributed by atoms with E-state index in [1.54, 1.807) is 11.8 Å². The third-order valence-electron chi connectivity index (χ3n) is 14.6. The number of hydrogen-bond donors (Lipinski definition) is 1. The van der Waals surface area contributed by atoms with Crippen LogP contribution in [-0.4, -0.2) is 87.2 Å². The summed E-state index contributed by atoms with van der Waals surface area (Å²) in [6, 6.07) is 65.3. The Kier molecular flexibility index (Phi) is 20.2. The van der Waals surface area contributed by atoms with Crippen LogP contribution in [0.5, 0.6) is 0 Å². The second-order valence-corrected chi connectivity index (χ2v) is 25.1. The van der Waals surface area contributed by atoms with E-state index in [-0.39, 0.29) is 58.5 Å². The fourth-order valence-electron chi connectivity index (χ4n) is 10.8. The summed E-state index contributed by atoms with van der Waals surface area (Å²) in [5, 5.41) is 15.0. The Balaban J connectivity index is 1.25. The molecule has 77 heavy (non-hydrogen) atoms. The highest BCUT2D eigenvalue weighted by atomic mass is 28.4. The topological polar surface area (TPSA) is 113 Å². The lowest BCUT2D eigenvalue weighted by molar-refractivity contribution is -0.197. The van der Waals surface area contributed by atoms with E-state index >= 15 is 4.79 Å². The Bertz CT molecular complexity index is 2800. The zero-order valence-corrected chi connectivity index (χ0v) is 46.2. The predicted octanol–water partition coefficient (Wildman–Crippen LogP) is 12.1. The number of aliphatic hydroxyl groups is 1. The average molecular weight is 1050 g/mol. The molecule has 0 spiro atoms. The Morgan fingerprint density at radius 3 is 1.44 bits per heavy atom. The van der Waals surface area contributed by atoms with Gasteiger partial charge in [0.2, 0.25) is 0 Å². The van der Waals surface area contributed by atoms with Crippen molar-refractivity contribution in [1.82, 2.24) is 4.90 Å². The molecule has 0 unspecified atom stereocenters. The van der Waals surface area contributed by atoms with Crippen molar-refractivity contribution in [2.75, 3.05) is 26.4 Å². The van der Waals surface area contributed by atoms with Crippen LogP contribution in [0.25, 0.3) is 11.1 Å². The summed E-state index contributed by atoms with van der Waals surface area (Å²) < 4.78 is 41.2. The molecule has 11 heteroatoms. The normalized spacial score (nSPS) is 14.4. The maximum Gasteiger partial charge on any atom is 0.410 e. The van der Waals surface area contributed by atoms with Gasteiger partial charge >= 0.3 is 12.1 Å². The molecular weight excluding hydrogens is 979 g/mol. The predicted molar refractivity (Wildman–Crippen MR) is 306 cm³/mol. The summed E-state index contributed by atoms with van der Waals surface area (Å²) in [6.45, 7) is 10.9. The van der Waals surface area contributed by atoms with E-state index in [1.165, 1.54) is 0 Å². The van der Waals surface area contributed by atoms with E-state index in [9.17, 15) is 9.90 Å². The number of carbonyl (C=O) groups is 2. The van der Waals surface area contributed by atoms with Gasteiger partial charge in [-0.1, -0.05) is 234 Å². The number of ether oxygens (including phenoxy) is 5. The van der Waals surface area contributed by atoms with Crippen LogP contribution >= 0.6 is 0 Å². The van der Waals surface area contributed by atoms with Gasteiger partial charge in [0.15, 0.2) is 0 Å². The van der Waals surface area contributed by atoms with Gasteiger partial charge in [-0.2, -0.15) is 0 Å². The monoisotopic (exact) mass is 1050 g/mol. The van der Waals surface area contributed by atoms with E-state index in [0.29, 0.717) is 6.42 Å². The van der Waals surface area contributed by atoms with Crippen molar-refractivity contribution in [2.24, 2.45) is 0 Å². The fourth-order valence-corrected chi connectivity index (χ4v) is 15.4. The molecule has 7 aromatic carbocycles. The van der Waals surface area contributed by atoms with Gasteiger partial charge in [-0.05, 0) is 67.7 Å². The number of rotatable bonds is 27. The van der Waals surface area contributed by atoms with Crippen molar-refractivity contribution in [3.8, 4) is 11.1 Å². The summed E-state index contributed by atoms with van der Waals surface area (Å²) in [7, 11) is -3.22. The molecule has 0 fully saturated rings. The molecule has 7 aromatic rings. The molecule has 0 bridgehead atoms. The molecule has 1 aliphatic carbocycles. The highest BCUT2D eigenvalue weighted by molar-refractivity contribution is 6.99. The van der Waals surface area contributed by atoms with Crippen molar-refractivity contribution < 1.29 is 42.8 Å². The molecule has 0 heterocycles. The van der Waals surface area contributed by atoms with Crippen LogP contribution in [0, 0.1) is 0 Å². The number of esters is 1. The zero-order valence-electron chi connectivity index (χ0n) is 45.2. The lowest BCUT2D eigenvalue weighted by Gasteiger charge is -2.45. The number of carbonyl (C=O) groups excluding carboxylic acids is 2. The van der Waals surface area contributed by atoms with Crippen LogP contribution in [0.15, 0.2) is 200 Å². The summed E-state index contributed by atoms with van der Waals surface area (Å²) in [5.41, 5.74) is 6.96. The SMILES string of the molecule is CCCCN(C(=O)OCC1c2ccccc2-c2ccccc21)[C@@H](CC(=O)OCC)[C@H](OCc1ccccc1)[C@@H](OCc1ccccc1)[C@H](OCc1ccccc1)[C@H](O)CO[Si](c1ccccc1)(c1ccccc1)C(C)(C)C. The number of unbranched alkanes of at least 4 members (excludes halogenated alkanes) is 1. The van der Waals surface area contributed by atoms with Crippen molar-refractivity contribution in [3.05, 3.63) is 228 Å². The fraction of sp³-hybridized carbons (Fsp3) is 0.333. The minimum Gasteiger partial charge on any atom is -0.466 e. The minimum absolute atomic E-state index is 0.0617. The van der Waals surface area contributed by atoms with Crippen LogP contribution in [0.3, 0.4) is 0 Å². The highest BCUT2D eigenvalue weighted by Crippen LogP contribution is 2.45. The van der Waals surface area contributed by atoms with Crippen LogP contribution < -0.4 is 10.4 Å². The van der Waals surface area contributed by atoms with E-state index in [1.807, 2.05) is 152 Å². The molecule has 0 radical (unpaired) electrons. The van der Waals surface area contributed by atoms with Crippen LogP contribution in [0.4, 0.5) is 4.79 Å². The standard InChI is InChI=1S/C66H75NO9Si/c1-6-8-42-67(65(70)75-47-58-56-40-26-24-38-54(56)55-39-25-27-41-57(55)58)59(43-61(69)71-7-2)62(72-44-49-28-14-9-15-29-49)64(74-46-51-32-18-11-19-33-51)63(73-45-50-30-16-10-17-31-50)60(68)48-76-77(66(3,4)5,52-34-20-12-21-35-52)53-36-22-13-23-37-53/h9-41,58-60,62-64,68H,6-8,42-48H2,1-5H3/t59-,60+,62-,63+,64+/m0/s1. The Labute approximate surface area is 457 Å². The Morgan fingerprint density at radius 1 is 0.558 bits per heavy atom. The zero-order chi connectivity index (χ0) is 54.0. The van der Waals surface area contributed by atoms with E-state index in [2.05, 4.69) is 76.2 Å². The summed E-state index contributed by atoms with van der Waals surface area (Å²) >= 11 is 0. The first-order valence-electron chi connectivity index (χ1n) is 27.2. The first kappa shape index (κ1) is 56.5. The van der Waals surface area contributed by atoms with Crippen molar-refractivity contribution in [3.63, 3.8) is 0 Å². The molecule has 5 atom stereocenters. The minimum atomic E-state index is -3.22. The molecule has 0 aliphatic heterocycles. The third-order valence-corrected chi connectivity index (χ3v) is 19.6. The quantitative estimate of drug-likeness (QED) is 0.0397. The Morgan fingerprint density at radius 2 is 0.987 bits per heavy atom. The third kappa shape index (κ3) is 14.1. The van der Waals surface area contributed by atoms with Gasteiger partial charge in [0.25, 0.3) is 8.32 Å². The van der Waals surface area contributed by atoms with Gasteiger partial charge in [0.1, 0.15) is 31.0 Å². The maximum atomic E-state index is 15.3. The van der Waals surface area contributed by atoms with Gasteiger partial charge in [-0.25, -0.2) is 4.79 Å². The highest BCUT2D eigenvalue weighted by Gasteiger charge is 2.52. The van der Waals surface area contributed by atoms with Gasteiger partial charge in [0, 0.05) is 12.5 Å². The lowest BCUT2D eigenvalue weighted by Crippen LogP contribution is -2.67. The van der Waals surface area contributed by atoms with Crippen molar-refractivity contribution >= 4 is 30.8 Å². The van der Waals surface area contributed by atoms with Crippen LogP contribution in [0.2, 0.25) is 5.04 Å². The van der Waals surface area contributed by atoms with Crippen LogP contribution in [0.1, 0.15) is 87.6 Å². The molecule has 8 rings (SSSR count). The second-order valence-electron chi connectivity index (χ2n) is 20.8. The smallest absolute Gasteiger partial charge is 0.410 e. The van der Waals surface area contributed by atoms with E-state index < -0.39 is 55.9 Å². The number of aliphatic hydroxyl groups excluding tert-OH is 1. The van der Waals surface area contributed by atoms with Crippen LogP contribution in [-0.2, 0) is 52.7 Å². The number of amides is 1. The van der Waals surface area contributed by atoms with Gasteiger partial charge in [0.05, 0.1) is 45.5 Å². The molecule has 0 saturated heterocycles. The largest absolute Gasteiger partial charge is 0.466 e. The number of fused-ring (bicyclic) bond motifs is 3. The summed E-state index contributed by atoms with van der Waals surface area (Å²) in [6.07, 6.45) is -4.34. The van der Waals surface area contributed by atoms with Gasteiger partial charge < -0.3 is 38.1 Å². The van der Waals surface area contributed by atoms with Gasteiger partial charge in [-0.15, -0.1) is 0 Å². The lowest BCUT2D eigenvalue weighted by atomic mass is 9.93. The van der Waals surface area contributed by atoms with Gasteiger partial charge in [-0.3, -0.25) is 4.79 Å². The second kappa shape index (κ2) is 27.6. The summed E-state index contributed by atoms with van der Waals surface area (Å²) in [5.74, 6) is -0.741. The maximum absolute atomic E-state index is 15.3. The van der Waals surface area contributed by atoms with Crippen molar-refractivity contribution in [2.45, 2.75) is 115 Å². The molecule has 0 aromatic heterocycles. The summed E-state index contributed by atoms with van der Waals surface area (Å²) in [4.78, 5) is 31.2. The molecule has 1 amide bonds. The number of hydrogen-bond acceptors (Lipinski definition) is 9. The number of benzene rings is 7. The van der Waals surface area contributed by atoms with E-state index in [0.717, 1.165) is 55.7 Å². The Hall–Kier alpha value is -6.70. The molecular formula is C66H75NO9Si. The van der Waals surface area contributed by atoms with E-state index in [4.69, 9.17) is 28.1 Å². The molecule has 0 saturated carbocycles. The molecule has 10 nitrogen and oxygen atoms in total. The first-order valence-corrected chi connectivity index (χ1v) is 29.1. The molecule has 1 aliphatic rings. The average Bonchev–Trinajstić information content (AvgIpc) is 3.85. The number of nitrogens with zero attached hydrogens (tertiary/aromatic N) is 1. The first-order chi connectivity index (χ1) is 37.5. The molecule has 402 valence electrons. The van der Waals surface area contributed by atoms with Crippen molar-refractivity contribution in [1.29, 1.82) is 0 Å². The molecule has 1 N–H and O–H groups in total.